The summed E-state index contributed by atoms with van der Waals surface area (Å²) in [4.78, 5) is 25.5. The van der Waals surface area contributed by atoms with E-state index in [1.54, 1.807) is 6.20 Å². The van der Waals surface area contributed by atoms with Gasteiger partial charge in [-0.2, -0.15) is 0 Å². The van der Waals surface area contributed by atoms with Crippen LogP contribution in [0.1, 0.15) is 73.5 Å². The van der Waals surface area contributed by atoms with Gasteiger partial charge in [-0.1, -0.05) is 0 Å². The molecule has 0 aromatic carbocycles. The number of aromatic nitrogens is 3. The van der Waals surface area contributed by atoms with Gasteiger partial charge in [-0.15, -0.1) is 0 Å². The molecular formula is C20H25N5O. The van der Waals surface area contributed by atoms with Crippen LogP contribution in [-0.2, 0) is 0 Å². The molecule has 26 heavy (non-hydrogen) atoms. The molecule has 6 nitrogen and oxygen atoms in total. The van der Waals surface area contributed by atoms with Crippen LogP contribution < -0.4 is 11.1 Å². The normalized spacial score (nSPS) is 38.0. The Labute approximate surface area is 152 Å². The molecule has 5 fully saturated rings. The Morgan fingerprint density at radius 2 is 2.00 bits per heavy atom. The van der Waals surface area contributed by atoms with E-state index in [4.69, 9.17) is 5.73 Å². The summed E-state index contributed by atoms with van der Waals surface area (Å²) < 4.78 is 0. The van der Waals surface area contributed by atoms with Crippen molar-refractivity contribution in [1.29, 1.82) is 0 Å². The highest BCUT2D eigenvalue weighted by Crippen LogP contribution is 2.56. The lowest BCUT2D eigenvalue weighted by atomic mass is 9.50. The van der Waals surface area contributed by atoms with Crippen LogP contribution in [0.3, 0.4) is 0 Å². The number of rotatable bonds is 3. The van der Waals surface area contributed by atoms with E-state index < -0.39 is 0 Å². The lowest BCUT2D eigenvalue weighted by Gasteiger charge is -2.61. The SMILES string of the molecule is NC12CC3CC(C1)CC(NC(=O)c1ccnc4nc(C5CC5)[nH]c14)(C3)C2. The molecule has 1 amide bonds. The summed E-state index contributed by atoms with van der Waals surface area (Å²) in [6, 6.07) is 1.81. The van der Waals surface area contributed by atoms with Crippen molar-refractivity contribution >= 4 is 17.1 Å². The van der Waals surface area contributed by atoms with E-state index in [0.29, 0.717) is 29.0 Å². The van der Waals surface area contributed by atoms with Crippen molar-refractivity contribution in [1.82, 2.24) is 20.3 Å². The van der Waals surface area contributed by atoms with Crippen molar-refractivity contribution in [2.45, 2.75) is 68.4 Å². The zero-order chi connectivity index (χ0) is 17.5. The molecule has 2 unspecified atom stereocenters. The zero-order valence-corrected chi connectivity index (χ0v) is 14.9. The van der Waals surface area contributed by atoms with Gasteiger partial charge in [-0.3, -0.25) is 4.79 Å². The number of carbonyl (C=O) groups is 1. The Morgan fingerprint density at radius 3 is 2.69 bits per heavy atom. The van der Waals surface area contributed by atoms with Gasteiger partial charge in [-0.05, 0) is 69.3 Å². The van der Waals surface area contributed by atoms with Crippen molar-refractivity contribution in [3.05, 3.63) is 23.7 Å². The lowest BCUT2D eigenvalue weighted by Crippen LogP contribution is -2.68. The summed E-state index contributed by atoms with van der Waals surface area (Å²) in [7, 11) is 0. The Kier molecular flexibility index (Phi) is 2.83. The van der Waals surface area contributed by atoms with Gasteiger partial charge in [0.2, 0.25) is 0 Å². The van der Waals surface area contributed by atoms with Crippen LogP contribution >= 0.6 is 0 Å². The molecule has 0 saturated heterocycles. The first kappa shape index (κ1) is 15.1. The van der Waals surface area contributed by atoms with Crippen LogP contribution in [0.5, 0.6) is 0 Å². The van der Waals surface area contributed by atoms with Gasteiger partial charge in [0.1, 0.15) is 5.82 Å². The van der Waals surface area contributed by atoms with Crippen LogP contribution in [-0.4, -0.2) is 31.9 Å². The molecule has 6 heteroatoms. The van der Waals surface area contributed by atoms with Gasteiger partial charge < -0.3 is 16.0 Å². The van der Waals surface area contributed by atoms with Gasteiger partial charge >= 0.3 is 0 Å². The standard InChI is InChI=1S/C20H25N5O/c21-19-6-11-5-12(7-19)9-20(8-11,10-19)25-18(26)14-3-4-22-17-15(14)23-16(24-17)13-1-2-13/h3-4,11-13H,1-2,5-10,21H2,(H,25,26)(H,22,23,24). The number of pyridine rings is 1. The molecule has 4 bridgehead atoms. The Balaban J connectivity index is 1.33. The van der Waals surface area contributed by atoms with E-state index in [2.05, 4.69) is 20.3 Å². The fourth-order valence-corrected chi connectivity index (χ4v) is 6.46. The minimum Gasteiger partial charge on any atom is -0.346 e. The number of amides is 1. The maximum absolute atomic E-state index is 13.2. The van der Waals surface area contributed by atoms with Gasteiger partial charge in [0.15, 0.2) is 5.65 Å². The van der Waals surface area contributed by atoms with Gasteiger partial charge in [0.05, 0.1) is 11.1 Å². The van der Waals surface area contributed by atoms with Crippen LogP contribution in [0.15, 0.2) is 12.3 Å². The van der Waals surface area contributed by atoms with Gasteiger partial charge in [0.25, 0.3) is 5.91 Å². The number of carbonyl (C=O) groups excluding carboxylic acids is 1. The maximum atomic E-state index is 13.2. The van der Waals surface area contributed by atoms with Gasteiger partial charge in [0, 0.05) is 23.2 Å². The summed E-state index contributed by atoms with van der Waals surface area (Å²) in [5, 5.41) is 3.42. The fraction of sp³-hybridized carbons (Fsp3) is 0.650. The Hall–Kier alpha value is -1.95. The minimum absolute atomic E-state index is 0.00560. The number of fused-ring (bicyclic) bond motifs is 1. The van der Waals surface area contributed by atoms with Crippen molar-refractivity contribution in [2.75, 3.05) is 0 Å². The number of hydrogen-bond donors (Lipinski definition) is 3. The third-order valence-corrected chi connectivity index (χ3v) is 7.10. The number of imidazole rings is 1. The number of H-pyrrole nitrogens is 1. The van der Waals surface area contributed by atoms with Crippen molar-refractivity contribution in [3.63, 3.8) is 0 Å². The van der Waals surface area contributed by atoms with E-state index in [9.17, 15) is 4.79 Å². The second-order valence-electron chi connectivity index (χ2n) is 9.51. The topological polar surface area (TPSA) is 96.7 Å². The summed E-state index contributed by atoms with van der Waals surface area (Å²) in [5.74, 6) is 2.83. The van der Waals surface area contributed by atoms with Crippen molar-refractivity contribution in [3.8, 4) is 0 Å². The highest BCUT2D eigenvalue weighted by Gasteiger charge is 2.56. The smallest absolute Gasteiger partial charge is 0.254 e. The predicted molar refractivity (Wildman–Crippen MR) is 97.7 cm³/mol. The Bertz CT molecular complexity index is 900. The first-order valence-corrected chi connectivity index (χ1v) is 9.97. The summed E-state index contributed by atoms with van der Waals surface area (Å²) >= 11 is 0. The molecule has 2 atom stereocenters. The second-order valence-corrected chi connectivity index (χ2v) is 9.51. The molecule has 136 valence electrons. The summed E-state index contributed by atoms with van der Waals surface area (Å²) in [6.45, 7) is 0. The average molecular weight is 351 g/mol. The van der Waals surface area contributed by atoms with Crippen molar-refractivity contribution in [2.24, 2.45) is 17.6 Å². The Morgan fingerprint density at radius 1 is 1.23 bits per heavy atom. The second kappa shape index (κ2) is 4.85. The van der Waals surface area contributed by atoms with E-state index in [1.807, 2.05) is 6.07 Å². The van der Waals surface area contributed by atoms with Gasteiger partial charge in [-0.25, -0.2) is 9.97 Å². The fourth-order valence-electron chi connectivity index (χ4n) is 6.46. The zero-order valence-electron chi connectivity index (χ0n) is 14.9. The maximum Gasteiger partial charge on any atom is 0.254 e. The minimum atomic E-state index is -0.120. The monoisotopic (exact) mass is 351 g/mol. The highest BCUT2D eigenvalue weighted by atomic mass is 16.1. The first-order chi connectivity index (χ1) is 12.5. The number of nitrogens with two attached hydrogens (primary N) is 1. The molecule has 4 N–H and O–H groups in total. The molecule has 2 aromatic rings. The molecule has 5 aliphatic rings. The average Bonchev–Trinajstić information content (AvgIpc) is 3.30. The number of nitrogens with zero attached hydrogens (tertiary/aromatic N) is 2. The molecule has 2 aromatic heterocycles. The predicted octanol–water partition coefficient (Wildman–Crippen LogP) is 2.62. The van der Waals surface area contributed by atoms with E-state index in [1.165, 1.54) is 19.3 Å². The number of aromatic amines is 1. The molecular weight excluding hydrogens is 326 g/mol. The number of nitrogens with one attached hydrogen (secondary N) is 2. The molecule has 0 radical (unpaired) electrons. The molecule has 5 aliphatic carbocycles. The largest absolute Gasteiger partial charge is 0.346 e. The van der Waals surface area contributed by atoms with E-state index >= 15 is 0 Å². The van der Waals surface area contributed by atoms with Crippen LogP contribution in [0.25, 0.3) is 11.2 Å². The van der Waals surface area contributed by atoms with Crippen LogP contribution in [0, 0.1) is 11.8 Å². The third-order valence-electron chi connectivity index (χ3n) is 7.10. The molecule has 0 spiro atoms. The summed E-state index contributed by atoms with van der Waals surface area (Å²) in [5.41, 5.74) is 8.58. The van der Waals surface area contributed by atoms with Crippen molar-refractivity contribution < 1.29 is 4.79 Å². The lowest BCUT2D eigenvalue weighted by molar-refractivity contribution is -0.0320. The summed E-state index contributed by atoms with van der Waals surface area (Å²) in [6.07, 6.45) is 10.7. The molecule has 2 heterocycles. The highest BCUT2D eigenvalue weighted by molar-refractivity contribution is 6.04. The quantitative estimate of drug-likeness (QED) is 0.792. The first-order valence-electron chi connectivity index (χ1n) is 9.97. The molecule has 5 saturated carbocycles. The van der Waals surface area contributed by atoms with Crippen LogP contribution in [0.2, 0.25) is 0 Å². The van der Waals surface area contributed by atoms with E-state index in [0.717, 1.165) is 43.4 Å². The molecule has 0 aliphatic heterocycles. The van der Waals surface area contributed by atoms with Crippen LogP contribution in [0.4, 0.5) is 0 Å². The molecule has 7 rings (SSSR count). The van der Waals surface area contributed by atoms with E-state index in [-0.39, 0.29) is 17.0 Å². The number of hydrogen-bond acceptors (Lipinski definition) is 4. The third kappa shape index (κ3) is 2.24.